The highest BCUT2D eigenvalue weighted by Crippen LogP contribution is 2.39. The summed E-state index contributed by atoms with van der Waals surface area (Å²) in [6, 6.07) is 3.69. The molecule has 1 heterocycles. The molecule has 2 rings (SSSR count). The largest absolute Gasteiger partial charge is 0.506 e. The van der Waals surface area contributed by atoms with Gasteiger partial charge in [0.15, 0.2) is 0 Å². The van der Waals surface area contributed by atoms with Crippen LogP contribution in [-0.4, -0.2) is 36.2 Å². The number of piperazine rings is 1. The molecule has 110 valence electrons. The van der Waals surface area contributed by atoms with E-state index >= 15 is 0 Å². The average molecular weight is 360 g/mol. The number of halogens is 2. The lowest BCUT2D eigenvalue weighted by Crippen LogP contribution is -2.45. The Bertz CT molecular complexity index is 501. The Morgan fingerprint density at radius 1 is 1.50 bits per heavy atom. The van der Waals surface area contributed by atoms with Crippen molar-refractivity contribution in [2.24, 2.45) is 0 Å². The molecule has 5 heteroatoms. The Balaban J connectivity index is 2.37. The van der Waals surface area contributed by atoms with Gasteiger partial charge >= 0.3 is 0 Å². The fourth-order valence-corrected chi connectivity index (χ4v) is 3.43. The molecule has 0 saturated carbocycles. The Morgan fingerprint density at radius 2 is 2.15 bits per heavy atom. The maximum absolute atomic E-state index is 10.4. The predicted molar refractivity (Wildman–Crippen MR) is 87.4 cm³/mol. The quantitative estimate of drug-likeness (QED) is 0.804. The molecule has 0 bridgehead atoms. The highest BCUT2D eigenvalue weighted by molar-refractivity contribution is 9.10. The van der Waals surface area contributed by atoms with Crippen molar-refractivity contribution in [2.75, 3.05) is 26.2 Å². The maximum Gasteiger partial charge on any atom is 0.134 e. The third kappa shape index (κ3) is 3.76. The third-order valence-corrected chi connectivity index (χ3v) is 4.37. The van der Waals surface area contributed by atoms with Crippen LogP contribution in [0.25, 0.3) is 0 Å². The first-order valence-corrected chi connectivity index (χ1v) is 7.93. The number of aromatic hydroxyl groups is 1. The van der Waals surface area contributed by atoms with Gasteiger partial charge in [-0.3, -0.25) is 4.90 Å². The first kappa shape index (κ1) is 15.8. The molecule has 1 fully saturated rings. The molecule has 1 aromatic carbocycles. The number of nitrogens with one attached hydrogen (secondary N) is 1. The van der Waals surface area contributed by atoms with Gasteiger partial charge in [0.25, 0.3) is 0 Å². The van der Waals surface area contributed by atoms with E-state index in [1.54, 1.807) is 6.07 Å². The minimum atomic E-state index is 0.115. The van der Waals surface area contributed by atoms with Gasteiger partial charge in [-0.1, -0.05) is 17.2 Å². The van der Waals surface area contributed by atoms with Gasteiger partial charge in [0.2, 0.25) is 0 Å². The van der Waals surface area contributed by atoms with E-state index in [1.165, 1.54) is 0 Å². The average Bonchev–Trinajstić information content (AvgIpc) is 2.41. The van der Waals surface area contributed by atoms with Crippen LogP contribution in [0.15, 0.2) is 28.8 Å². The van der Waals surface area contributed by atoms with Crippen LogP contribution in [0.1, 0.15) is 24.9 Å². The van der Waals surface area contributed by atoms with Gasteiger partial charge in [-0.05, 0) is 41.4 Å². The van der Waals surface area contributed by atoms with Crippen LogP contribution in [0, 0.1) is 0 Å². The van der Waals surface area contributed by atoms with Crippen LogP contribution < -0.4 is 5.32 Å². The lowest BCUT2D eigenvalue weighted by molar-refractivity contribution is 0.170. The van der Waals surface area contributed by atoms with E-state index in [9.17, 15) is 5.11 Å². The number of phenols is 1. The highest BCUT2D eigenvalue weighted by atomic mass is 79.9. The maximum atomic E-state index is 10.4. The molecular weight excluding hydrogens is 340 g/mol. The standard InChI is InChI=1S/C15H20BrClN2O/c1-10(2)7-14(19-5-3-18-4-6-19)12-8-11(17)9-13(16)15(12)20/h8-9,14,18,20H,1,3-7H2,2H3/t14-/m1/s1. The molecule has 3 nitrogen and oxygen atoms in total. The van der Waals surface area contributed by atoms with Crippen LogP contribution in [0.4, 0.5) is 0 Å². The number of benzene rings is 1. The molecule has 0 spiro atoms. The number of phenolic OH excluding ortho intramolecular Hbond substituents is 1. The summed E-state index contributed by atoms with van der Waals surface area (Å²) < 4.78 is 0.641. The fourth-order valence-electron chi connectivity index (χ4n) is 2.60. The molecule has 0 aliphatic carbocycles. The lowest BCUT2D eigenvalue weighted by Gasteiger charge is -2.36. The predicted octanol–water partition coefficient (Wildman–Crippen LogP) is 3.72. The van der Waals surface area contributed by atoms with Gasteiger partial charge in [-0.25, -0.2) is 0 Å². The molecule has 0 radical (unpaired) electrons. The van der Waals surface area contributed by atoms with Crippen molar-refractivity contribution in [1.82, 2.24) is 10.2 Å². The molecule has 1 aliphatic heterocycles. The number of rotatable bonds is 4. The van der Waals surface area contributed by atoms with Crippen LogP contribution in [-0.2, 0) is 0 Å². The van der Waals surface area contributed by atoms with Gasteiger partial charge in [-0.15, -0.1) is 6.58 Å². The number of nitrogens with zero attached hydrogens (tertiary/aromatic N) is 1. The van der Waals surface area contributed by atoms with E-state index in [2.05, 4.69) is 32.7 Å². The van der Waals surface area contributed by atoms with Crippen LogP contribution in [0.2, 0.25) is 5.02 Å². The molecule has 1 saturated heterocycles. The van der Waals surface area contributed by atoms with Crippen molar-refractivity contribution in [2.45, 2.75) is 19.4 Å². The van der Waals surface area contributed by atoms with Crippen molar-refractivity contribution in [3.05, 3.63) is 39.3 Å². The monoisotopic (exact) mass is 358 g/mol. The minimum absolute atomic E-state index is 0.115. The Labute approximate surface area is 133 Å². The molecule has 0 unspecified atom stereocenters. The summed E-state index contributed by atoms with van der Waals surface area (Å²) in [5, 5.41) is 14.3. The molecule has 1 aliphatic rings. The van der Waals surface area contributed by atoms with E-state index in [0.29, 0.717) is 9.50 Å². The fraction of sp³-hybridized carbons (Fsp3) is 0.467. The smallest absolute Gasteiger partial charge is 0.134 e. The van der Waals surface area contributed by atoms with E-state index < -0.39 is 0 Å². The molecule has 1 atom stereocenters. The number of hydrogen-bond acceptors (Lipinski definition) is 3. The van der Waals surface area contributed by atoms with E-state index in [1.807, 2.05) is 13.0 Å². The van der Waals surface area contributed by atoms with Crippen LogP contribution >= 0.6 is 27.5 Å². The van der Waals surface area contributed by atoms with Crippen molar-refractivity contribution >= 4 is 27.5 Å². The normalized spacial score (nSPS) is 17.9. The Morgan fingerprint density at radius 3 is 2.75 bits per heavy atom. The van der Waals surface area contributed by atoms with Gasteiger partial charge < -0.3 is 10.4 Å². The summed E-state index contributed by atoms with van der Waals surface area (Å²) in [7, 11) is 0. The molecule has 20 heavy (non-hydrogen) atoms. The summed E-state index contributed by atoms with van der Waals surface area (Å²) >= 11 is 9.51. The summed E-state index contributed by atoms with van der Waals surface area (Å²) in [5.41, 5.74) is 1.97. The summed E-state index contributed by atoms with van der Waals surface area (Å²) in [4.78, 5) is 2.38. The molecule has 0 aromatic heterocycles. The molecular formula is C15H20BrClN2O. The van der Waals surface area contributed by atoms with Crippen molar-refractivity contribution in [1.29, 1.82) is 0 Å². The zero-order valence-corrected chi connectivity index (χ0v) is 14.0. The van der Waals surface area contributed by atoms with Gasteiger partial charge in [0, 0.05) is 42.8 Å². The molecule has 2 N–H and O–H groups in total. The van der Waals surface area contributed by atoms with Crippen molar-refractivity contribution in [3.63, 3.8) is 0 Å². The van der Waals surface area contributed by atoms with Gasteiger partial charge in [0.05, 0.1) is 4.47 Å². The minimum Gasteiger partial charge on any atom is -0.506 e. The Hall–Kier alpha value is -0.550. The van der Waals surface area contributed by atoms with Gasteiger partial charge in [-0.2, -0.15) is 0 Å². The van der Waals surface area contributed by atoms with E-state index in [-0.39, 0.29) is 11.8 Å². The first-order chi connectivity index (χ1) is 9.49. The van der Waals surface area contributed by atoms with E-state index in [0.717, 1.165) is 43.7 Å². The topological polar surface area (TPSA) is 35.5 Å². The Kier molecular flexibility index (Phi) is 5.49. The SMILES string of the molecule is C=C(C)C[C@H](c1cc(Cl)cc(Br)c1O)N1CCNCC1. The van der Waals surface area contributed by atoms with Crippen molar-refractivity contribution < 1.29 is 5.11 Å². The second kappa shape index (κ2) is 6.94. The third-order valence-electron chi connectivity index (χ3n) is 3.55. The van der Waals surface area contributed by atoms with Crippen LogP contribution in [0.5, 0.6) is 5.75 Å². The first-order valence-electron chi connectivity index (χ1n) is 6.76. The van der Waals surface area contributed by atoms with Crippen molar-refractivity contribution in [3.8, 4) is 5.75 Å². The zero-order valence-electron chi connectivity index (χ0n) is 11.6. The molecule has 1 aromatic rings. The zero-order chi connectivity index (χ0) is 14.7. The summed E-state index contributed by atoms with van der Waals surface area (Å²) in [6.45, 7) is 9.90. The summed E-state index contributed by atoms with van der Waals surface area (Å²) in [5.74, 6) is 0.277. The second-order valence-electron chi connectivity index (χ2n) is 5.29. The molecule has 0 amide bonds. The summed E-state index contributed by atoms with van der Waals surface area (Å²) in [6.07, 6.45) is 0.820. The highest BCUT2D eigenvalue weighted by Gasteiger charge is 2.25. The lowest BCUT2D eigenvalue weighted by atomic mass is 9.97. The number of hydrogen-bond donors (Lipinski definition) is 2. The van der Waals surface area contributed by atoms with E-state index in [4.69, 9.17) is 11.6 Å². The van der Waals surface area contributed by atoms with Gasteiger partial charge in [0.1, 0.15) is 5.75 Å². The van der Waals surface area contributed by atoms with Crippen LogP contribution in [0.3, 0.4) is 0 Å². The second-order valence-corrected chi connectivity index (χ2v) is 6.58.